The first kappa shape index (κ1) is 14.0. The molecular formula is C15H13NO3S. The second kappa shape index (κ2) is 5.68. The standard InChI is InChI=1S/C15H13NO3S/c1-3-12-5-4-6-13(11-12)16-20(17,18)15-9-7-14(19-2)8-10-15/h1,4-11,16H,2H3. The summed E-state index contributed by atoms with van der Waals surface area (Å²) < 4.78 is 31.9. The molecule has 0 bridgehead atoms. The highest BCUT2D eigenvalue weighted by Crippen LogP contribution is 2.19. The Kier molecular flexibility index (Phi) is 3.97. The topological polar surface area (TPSA) is 55.4 Å². The van der Waals surface area contributed by atoms with Crippen molar-refractivity contribution in [1.29, 1.82) is 0 Å². The molecule has 102 valence electrons. The molecule has 5 heteroatoms. The molecule has 0 heterocycles. The number of rotatable bonds is 4. The summed E-state index contributed by atoms with van der Waals surface area (Å²) in [7, 11) is -2.12. The molecule has 2 aromatic carbocycles. The zero-order valence-electron chi connectivity index (χ0n) is 10.8. The summed E-state index contributed by atoms with van der Waals surface area (Å²) in [5.41, 5.74) is 1.04. The minimum atomic E-state index is -3.64. The fraction of sp³-hybridized carbons (Fsp3) is 0.0667. The van der Waals surface area contributed by atoms with Gasteiger partial charge >= 0.3 is 0 Å². The number of hydrogen-bond donors (Lipinski definition) is 1. The molecule has 0 unspecified atom stereocenters. The minimum absolute atomic E-state index is 0.157. The second-order valence-corrected chi connectivity index (χ2v) is 5.69. The number of terminal acetylenes is 1. The van der Waals surface area contributed by atoms with E-state index in [0.717, 1.165) is 0 Å². The summed E-state index contributed by atoms with van der Waals surface area (Å²) in [6.07, 6.45) is 5.28. The van der Waals surface area contributed by atoms with Crippen molar-refractivity contribution < 1.29 is 13.2 Å². The van der Waals surface area contributed by atoms with Crippen LogP contribution in [0.3, 0.4) is 0 Å². The van der Waals surface area contributed by atoms with Gasteiger partial charge in [-0.25, -0.2) is 8.42 Å². The molecule has 1 N–H and O–H groups in total. The fourth-order valence-corrected chi connectivity index (χ4v) is 2.69. The van der Waals surface area contributed by atoms with Gasteiger partial charge in [-0.15, -0.1) is 6.42 Å². The predicted octanol–water partition coefficient (Wildman–Crippen LogP) is 2.48. The van der Waals surface area contributed by atoms with Crippen LogP contribution in [0.4, 0.5) is 5.69 Å². The Morgan fingerprint density at radius 2 is 1.85 bits per heavy atom. The number of nitrogens with one attached hydrogen (secondary N) is 1. The van der Waals surface area contributed by atoms with E-state index in [2.05, 4.69) is 10.6 Å². The number of hydrogen-bond acceptors (Lipinski definition) is 3. The molecule has 0 saturated carbocycles. The van der Waals surface area contributed by atoms with Crippen molar-refractivity contribution in [1.82, 2.24) is 0 Å². The molecule has 0 spiro atoms. The van der Waals surface area contributed by atoms with Crippen LogP contribution in [-0.2, 0) is 10.0 Å². The molecule has 0 fully saturated rings. The molecule has 0 amide bonds. The summed E-state index contributed by atoms with van der Waals surface area (Å²) >= 11 is 0. The summed E-state index contributed by atoms with van der Waals surface area (Å²) in [6.45, 7) is 0. The van der Waals surface area contributed by atoms with Crippen molar-refractivity contribution in [2.45, 2.75) is 4.90 Å². The summed E-state index contributed by atoms with van der Waals surface area (Å²) in [6, 6.07) is 12.8. The van der Waals surface area contributed by atoms with Gasteiger partial charge in [0.05, 0.1) is 17.7 Å². The zero-order valence-corrected chi connectivity index (χ0v) is 11.6. The maximum atomic E-state index is 12.2. The monoisotopic (exact) mass is 287 g/mol. The summed E-state index contributed by atoms with van der Waals surface area (Å²) in [5, 5.41) is 0. The van der Waals surface area contributed by atoms with Crippen molar-refractivity contribution in [2.24, 2.45) is 0 Å². The zero-order chi connectivity index (χ0) is 14.6. The van der Waals surface area contributed by atoms with Crippen LogP contribution in [0.25, 0.3) is 0 Å². The Hall–Kier alpha value is -2.45. The van der Waals surface area contributed by atoms with E-state index in [0.29, 0.717) is 17.0 Å². The Bertz CT molecular complexity index is 743. The molecule has 0 radical (unpaired) electrons. The lowest BCUT2D eigenvalue weighted by Crippen LogP contribution is -2.12. The first-order valence-corrected chi connectivity index (χ1v) is 7.27. The van der Waals surface area contributed by atoms with E-state index in [1.54, 1.807) is 36.4 Å². The highest BCUT2D eigenvalue weighted by Gasteiger charge is 2.14. The molecule has 0 aromatic heterocycles. The maximum absolute atomic E-state index is 12.2. The smallest absolute Gasteiger partial charge is 0.261 e. The number of anilines is 1. The molecule has 4 nitrogen and oxygen atoms in total. The van der Waals surface area contributed by atoms with Crippen LogP contribution in [0.2, 0.25) is 0 Å². The van der Waals surface area contributed by atoms with Gasteiger partial charge in [-0.2, -0.15) is 0 Å². The van der Waals surface area contributed by atoms with Crippen molar-refractivity contribution >= 4 is 15.7 Å². The Labute approximate surface area is 118 Å². The van der Waals surface area contributed by atoms with Crippen LogP contribution in [0.1, 0.15) is 5.56 Å². The minimum Gasteiger partial charge on any atom is -0.497 e. The number of methoxy groups -OCH3 is 1. The molecular weight excluding hydrogens is 274 g/mol. The molecule has 0 atom stereocenters. The number of ether oxygens (including phenoxy) is 1. The van der Waals surface area contributed by atoms with Crippen LogP contribution >= 0.6 is 0 Å². The lowest BCUT2D eigenvalue weighted by molar-refractivity contribution is 0.414. The molecule has 2 rings (SSSR count). The van der Waals surface area contributed by atoms with E-state index < -0.39 is 10.0 Å². The van der Waals surface area contributed by atoms with Crippen molar-refractivity contribution in [2.75, 3.05) is 11.8 Å². The van der Waals surface area contributed by atoms with E-state index in [9.17, 15) is 8.42 Å². The van der Waals surface area contributed by atoms with Crippen LogP contribution in [0.15, 0.2) is 53.4 Å². The second-order valence-electron chi connectivity index (χ2n) is 4.01. The van der Waals surface area contributed by atoms with Crippen molar-refractivity contribution in [3.63, 3.8) is 0 Å². The maximum Gasteiger partial charge on any atom is 0.261 e. The van der Waals surface area contributed by atoms with Gasteiger partial charge in [0, 0.05) is 5.56 Å². The number of benzene rings is 2. The van der Waals surface area contributed by atoms with E-state index in [4.69, 9.17) is 11.2 Å². The average Bonchev–Trinajstić information content (AvgIpc) is 2.47. The highest BCUT2D eigenvalue weighted by molar-refractivity contribution is 7.92. The van der Waals surface area contributed by atoms with Gasteiger partial charge in [-0.1, -0.05) is 12.0 Å². The first-order chi connectivity index (χ1) is 9.55. The van der Waals surface area contributed by atoms with E-state index in [1.807, 2.05) is 0 Å². The van der Waals surface area contributed by atoms with Gasteiger partial charge in [-0.3, -0.25) is 4.72 Å². The Morgan fingerprint density at radius 1 is 1.15 bits per heavy atom. The normalized spacial score (nSPS) is 10.6. The average molecular weight is 287 g/mol. The predicted molar refractivity (Wildman–Crippen MR) is 78.2 cm³/mol. The van der Waals surface area contributed by atoms with Gasteiger partial charge in [0.1, 0.15) is 5.75 Å². The van der Waals surface area contributed by atoms with Gasteiger partial charge in [0.2, 0.25) is 0 Å². The Morgan fingerprint density at radius 3 is 2.45 bits per heavy atom. The van der Waals surface area contributed by atoms with Crippen molar-refractivity contribution in [3.8, 4) is 18.1 Å². The molecule has 0 aliphatic rings. The van der Waals surface area contributed by atoms with Gasteiger partial charge < -0.3 is 4.74 Å². The van der Waals surface area contributed by atoms with E-state index in [1.165, 1.54) is 19.2 Å². The first-order valence-electron chi connectivity index (χ1n) is 5.79. The van der Waals surface area contributed by atoms with Crippen LogP contribution < -0.4 is 9.46 Å². The third-order valence-corrected chi connectivity index (χ3v) is 4.05. The van der Waals surface area contributed by atoms with Crippen LogP contribution in [-0.4, -0.2) is 15.5 Å². The third kappa shape index (κ3) is 3.11. The SMILES string of the molecule is C#Cc1cccc(NS(=O)(=O)c2ccc(OC)cc2)c1. The van der Waals surface area contributed by atoms with Gasteiger partial charge in [0.15, 0.2) is 0 Å². The van der Waals surface area contributed by atoms with Crippen LogP contribution in [0, 0.1) is 12.3 Å². The molecule has 20 heavy (non-hydrogen) atoms. The Balaban J connectivity index is 2.28. The number of sulfonamides is 1. The molecule has 0 aliphatic carbocycles. The van der Waals surface area contributed by atoms with E-state index in [-0.39, 0.29) is 4.90 Å². The van der Waals surface area contributed by atoms with Gasteiger partial charge in [0.25, 0.3) is 10.0 Å². The fourth-order valence-electron chi connectivity index (χ4n) is 1.64. The lowest BCUT2D eigenvalue weighted by atomic mass is 10.2. The largest absolute Gasteiger partial charge is 0.497 e. The quantitative estimate of drug-likeness (QED) is 0.879. The highest BCUT2D eigenvalue weighted by atomic mass is 32.2. The van der Waals surface area contributed by atoms with Crippen LogP contribution in [0.5, 0.6) is 5.75 Å². The molecule has 0 saturated heterocycles. The van der Waals surface area contributed by atoms with Crippen molar-refractivity contribution in [3.05, 3.63) is 54.1 Å². The molecule has 0 aliphatic heterocycles. The van der Waals surface area contributed by atoms with Gasteiger partial charge in [-0.05, 0) is 42.5 Å². The summed E-state index contributed by atoms with van der Waals surface area (Å²) in [5.74, 6) is 3.05. The lowest BCUT2D eigenvalue weighted by Gasteiger charge is -2.09. The van der Waals surface area contributed by atoms with E-state index >= 15 is 0 Å². The summed E-state index contributed by atoms with van der Waals surface area (Å²) in [4.78, 5) is 0.157. The third-order valence-electron chi connectivity index (χ3n) is 2.65. The molecule has 2 aromatic rings.